The van der Waals surface area contributed by atoms with E-state index in [-0.39, 0.29) is 6.04 Å². The van der Waals surface area contributed by atoms with Gasteiger partial charge >= 0.3 is 0 Å². The summed E-state index contributed by atoms with van der Waals surface area (Å²) in [6.07, 6.45) is 2.00. The van der Waals surface area contributed by atoms with Crippen LogP contribution in [0.2, 0.25) is 0 Å². The summed E-state index contributed by atoms with van der Waals surface area (Å²) in [4.78, 5) is 7.83. The summed E-state index contributed by atoms with van der Waals surface area (Å²) >= 11 is 1.61. The number of para-hydroxylation sites is 1. The molecule has 86 valence electrons. The second-order valence-electron chi connectivity index (χ2n) is 4.11. The van der Waals surface area contributed by atoms with Crippen molar-refractivity contribution in [3.8, 4) is 11.3 Å². The number of rotatable bonds is 2. The molecule has 2 heterocycles. The summed E-state index contributed by atoms with van der Waals surface area (Å²) in [5.74, 6) is 0. The van der Waals surface area contributed by atoms with Crippen LogP contribution in [0, 0.1) is 0 Å². The smallest absolute Gasteiger partial charge is 0.110 e. The van der Waals surface area contributed by atoms with Gasteiger partial charge in [-0.3, -0.25) is 0 Å². The van der Waals surface area contributed by atoms with Crippen LogP contribution in [-0.4, -0.2) is 9.97 Å². The van der Waals surface area contributed by atoms with E-state index in [0.29, 0.717) is 0 Å². The van der Waals surface area contributed by atoms with E-state index >= 15 is 0 Å². The van der Waals surface area contributed by atoms with Crippen LogP contribution in [-0.2, 0) is 0 Å². The van der Waals surface area contributed by atoms with Gasteiger partial charge in [0.15, 0.2) is 0 Å². The average molecular weight is 243 g/mol. The highest BCUT2D eigenvalue weighted by Gasteiger charge is 2.11. The largest absolute Gasteiger partial charge is 0.360 e. The zero-order valence-corrected chi connectivity index (χ0v) is 10.3. The maximum absolute atomic E-state index is 5.83. The van der Waals surface area contributed by atoms with Crippen molar-refractivity contribution in [3.05, 3.63) is 40.8 Å². The predicted octanol–water partition coefficient (Wildman–Crippen LogP) is 3.31. The number of benzene rings is 1. The predicted molar refractivity (Wildman–Crippen MR) is 72.0 cm³/mol. The summed E-state index contributed by atoms with van der Waals surface area (Å²) in [5, 5.41) is 4.24. The van der Waals surface area contributed by atoms with Gasteiger partial charge < -0.3 is 10.7 Å². The Kier molecular flexibility index (Phi) is 2.46. The Morgan fingerprint density at radius 3 is 2.94 bits per heavy atom. The molecule has 17 heavy (non-hydrogen) atoms. The van der Waals surface area contributed by atoms with Crippen molar-refractivity contribution in [3.63, 3.8) is 0 Å². The number of hydrogen-bond donors (Lipinski definition) is 2. The minimum atomic E-state index is -0.000967. The lowest BCUT2D eigenvalue weighted by Crippen LogP contribution is -2.03. The van der Waals surface area contributed by atoms with Crippen LogP contribution in [0.1, 0.15) is 18.0 Å². The number of thiazole rings is 1. The Bertz CT molecular complexity index is 651. The Morgan fingerprint density at radius 2 is 2.18 bits per heavy atom. The second kappa shape index (κ2) is 3.98. The van der Waals surface area contributed by atoms with Crippen molar-refractivity contribution in [2.75, 3.05) is 0 Å². The monoisotopic (exact) mass is 243 g/mol. The van der Waals surface area contributed by atoms with Gasteiger partial charge in [-0.2, -0.15) is 0 Å². The van der Waals surface area contributed by atoms with Crippen molar-refractivity contribution in [2.45, 2.75) is 13.0 Å². The highest BCUT2D eigenvalue weighted by Crippen LogP contribution is 2.30. The van der Waals surface area contributed by atoms with Crippen LogP contribution in [0.15, 0.2) is 35.8 Å². The lowest BCUT2D eigenvalue weighted by molar-refractivity contribution is 0.808. The summed E-state index contributed by atoms with van der Waals surface area (Å²) < 4.78 is 0. The minimum absolute atomic E-state index is 0.000967. The summed E-state index contributed by atoms with van der Waals surface area (Å²) in [5.41, 5.74) is 9.11. The van der Waals surface area contributed by atoms with Gasteiger partial charge in [0.2, 0.25) is 0 Å². The molecule has 0 saturated carbocycles. The van der Waals surface area contributed by atoms with Gasteiger partial charge in [0.25, 0.3) is 0 Å². The Labute approximate surface area is 103 Å². The zero-order valence-electron chi connectivity index (χ0n) is 9.47. The fourth-order valence-electron chi connectivity index (χ4n) is 1.90. The molecule has 3 N–H and O–H groups in total. The average Bonchev–Trinajstić information content (AvgIpc) is 2.95. The van der Waals surface area contributed by atoms with Crippen LogP contribution < -0.4 is 5.73 Å². The maximum Gasteiger partial charge on any atom is 0.110 e. The zero-order chi connectivity index (χ0) is 11.8. The van der Waals surface area contributed by atoms with E-state index in [1.165, 1.54) is 5.39 Å². The number of nitrogens with two attached hydrogens (primary N) is 1. The molecule has 0 aliphatic rings. The second-order valence-corrected chi connectivity index (χ2v) is 5.00. The Hall–Kier alpha value is -1.65. The molecule has 0 aliphatic heterocycles. The molecule has 2 aromatic heterocycles. The lowest BCUT2D eigenvalue weighted by Gasteiger charge is -1.97. The molecule has 1 aromatic carbocycles. The molecule has 1 unspecified atom stereocenters. The van der Waals surface area contributed by atoms with E-state index < -0.39 is 0 Å². The molecule has 0 radical (unpaired) electrons. The normalized spacial score (nSPS) is 13.1. The molecular weight excluding hydrogens is 230 g/mol. The van der Waals surface area contributed by atoms with Crippen LogP contribution in [0.5, 0.6) is 0 Å². The first-order chi connectivity index (χ1) is 8.25. The molecule has 0 amide bonds. The molecule has 3 rings (SSSR count). The SMILES string of the molecule is CC(N)c1nc(-c2c[nH]c3ccccc23)cs1. The van der Waals surface area contributed by atoms with Crippen molar-refractivity contribution < 1.29 is 0 Å². The summed E-state index contributed by atoms with van der Waals surface area (Å²) in [7, 11) is 0. The van der Waals surface area contributed by atoms with Gasteiger partial charge in [0.05, 0.1) is 11.7 Å². The third kappa shape index (κ3) is 1.75. The standard InChI is InChI=1S/C13H13N3S/c1-8(14)13-16-12(7-17-13)10-6-15-11-5-3-2-4-9(10)11/h2-8,15H,14H2,1H3. The van der Waals surface area contributed by atoms with Crippen LogP contribution in [0.4, 0.5) is 0 Å². The molecule has 1 atom stereocenters. The quantitative estimate of drug-likeness (QED) is 0.725. The molecule has 0 aliphatic carbocycles. The van der Waals surface area contributed by atoms with E-state index in [0.717, 1.165) is 21.8 Å². The van der Waals surface area contributed by atoms with E-state index in [1.807, 2.05) is 25.3 Å². The van der Waals surface area contributed by atoms with E-state index in [1.54, 1.807) is 11.3 Å². The highest BCUT2D eigenvalue weighted by atomic mass is 32.1. The van der Waals surface area contributed by atoms with Crippen LogP contribution >= 0.6 is 11.3 Å². The molecule has 3 nitrogen and oxygen atoms in total. The van der Waals surface area contributed by atoms with Crippen molar-refractivity contribution >= 4 is 22.2 Å². The third-order valence-electron chi connectivity index (χ3n) is 2.78. The van der Waals surface area contributed by atoms with Crippen molar-refractivity contribution in [1.29, 1.82) is 0 Å². The summed E-state index contributed by atoms with van der Waals surface area (Å²) in [6, 6.07) is 8.23. The first-order valence-electron chi connectivity index (χ1n) is 5.53. The molecule has 0 spiro atoms. The minimum Gasteiger partial charge on any atom is -0.360 e. The van der Waals surface area contributed by atoms with Crippen molar-refractivity contribution in [1.82, 2.24) is 9.97 Å². The molecule has 3 aromatic rings. The van der Waals surface area contributed by atoms with Gasteiger partial charge in [-0.25, -0.2) is 4.98 Å². The number of aromatic amines is 1. The number of aromatic nitrogens is 2. The first-order valence-corrected chi connectivity index (χ1v) is 6.41. The molecule has 0 saturated heterocycles. The van der Waals surface area contributed by atoms with E-state index in [9.17, 15) is 0 Å². The fourth-order valence-corrected chi connectivity index (χ4v) is 2.68. The lowest BCUT2D eigenvalue weighted by atomic mass is 10.1. The number of hydrogen-bond acceptors (Lipinski definition) is 3. The number of fused-ring (bicyclic) bond motifs is 1. The fraction of sp³-hybridized carbons (Fsp3) is 0.154. The summed E-state index contributed by atoms with van der Waals surface area (Å²) in [6.45, 7) is 1.96. The highest BCUT2D eigenvalue weighted by molar-refractivity contribution is 7.10. The van der Waals surface area contributed by atoms with Gasteiger partial charge in [-0.05, 0) is 13.0 Å². The third-order valence-corrected chi connectivity index (χ3v) is 3.82. The van der Waals surface area contributed by atoms with Crippen LogP contribution in [0.3, 0.4) is 0 Å². The van der Waals surface area contributed by atoms with Crippen molar-refractivity contribution in [2.24, 2.45) is 5.73 Å². The topological polar surface area (TPSA) is 54.7 Å². The number of H-pyrrole nitrogens is 1. The maximum atomic E-state index is 5.83. The Morgan fingerprint density at radius 1 is 1.35 bits per heavy atom. The van der Waals surface area contributed by atoms with E-state index in [4.69, 9.17) is 5.73 Å². The van der Waals surface area contributed by atoms with Gasteiger partial charge in [-0.1, -0.05) is 18.2 Å². The number of nitrogens with one attached hydrogen (secondary N) is 1. The van der Waals surface area contributed by atoms with Gasteiger partial charge in [-0.15, -0.1) is 11.3 Å². The Balaban J connectivity index is 2.14. The van der Waals surface area contributed by atoms with Crippen LogP contribution in [0.25, 0.3) is 22.2 Å². The van der Waals surface area contributed by atoms with E-state index in [2.05, 4.69) is 27.5 Å². The molecule has 4 heteroatoms. The van der Waals surface area contributed by atoms with Gasteiger partial charge in [0, 0.05) is 28.0 Å². The number of nitrogens with zero attached hydrogens (tertiary/aromatic N) is 1. The molecule has 0 bridgehead atoms. The molecular formula is C13H13N3S. The molecule has 0 fully saturated rings. The van der Waals surface area contributed by atoms with Gasteiger partial charge in [0.1, 0.15) is 5.01 Å². The first kappa shape index (κ1) is 10.5.